The zero-order chi connectivity index (χ0) is 22.9. The van der Waals surface area contributed by atoms with E-state index >= 15 is 0 Å². The highest BCUT2D eigenvalue weighted by Crippen LogP contribution is 2.31. The van der Waals surface area contributed by atoms with Crippen LogP contribution in [0.25, 0.3) is 16.9 Å². The average Bonchev–Trinajstić information content (AvgIpc) is 3.20. The maximum absolute atomic E-state index is 14.0. The normalized spacial score (nSPS) is 21.7. The number of nitrogens with zero attached hydrogens (tertiary/aromatic N) is 5. The van der Waals surface area contributed by atoms with Crippen LogP contribution < -0.4 is 15.4 Å². The fourth-order valence-electron chi connectivity index (χ4n) is 4.45. The average molecular weight is 459 g/mol. The number of halogens is 2. The lowest BCUT2D eigenvalue weighted by atomic mass is 9.94. The molecule has 3 aromatic rings. The summed E-state index contributed by atoms with van der Waals surface area (Å²) in [6.07, 6.45) is 0.677. The number of morpholine rings is 1. The van der Waals surface area contributed by atoms with Gasteiger partial charge >= 0.3 is 0 Å². The lowest BCUT2D eigenvalue weighted by Gasteiger charge is -2.29. The Hall–Kier alpha value is -2.85. The van der Waals surface area contributed by atoms with Crippen LogP contribution in [0.15, 0.2) is 24.3 Å². The van der Waals surface area contributed by atoms with E-state index in [2.05, 4.69) is 15.0 Å². The molecule has 1 aliphatic heterocycles. The molecule has 0 amide bonds. The second-order valence-corrected chi connectivity index (χ2v) is 8.72. The van der Waals surface area contributed by atoms with E-state index in [1.54, 1.807) is 12.1 Å². The molecule has 0 atom stereocenters. The number of benzene rings is 1. The van der Waals surface area contributed by atoms with Gasteiger partial charge in [0, 0.05) is 25.2 Å². The molecule has 5 rings (SSSR count). The van der Waals surface area contributed by atoms with Gasteiger partial charge in [0.05, 0.1) is 24.2 Å². The molecule has 1 aliphatic carbocycles. The number of alkyl halides is 2. The highest BCUT2D eigenvalue weighted by atomic mass is 19.3. The van der Waals surface area contributed by atoms with Crippen molar-refractivity contribution in [1.29, 1.82) is 0 Å². The third-order valence-electron chi connectivity index (χ3n) is 6.24. The van der Waals surface area contributed by atoms with Crippen LogP contribution in [0.5, 0.6) is 5.88 Å². The molecular formula is C23H28F2N6O2. The monoisotopic (exact) mass is 458 g/mol. The van der Waals surface area contributed by atoms with E-state index < -0.39 is 6.43 Å². The lowest BCUT2D eigenvalue weighted by molar-refractivity contribution is 0.121. The molecule has 2 aliphatic rings. The Morgan fingerprint density at radius 3 is 2.55 bits per heavy atom. The van der Waals surface area contributed by atoms with Crippen molar-refractivity contribution in [3.63, 3.8) is 0 Å². The third-order valence-corrected chi connectivity index (χ3v) is 6.24. The van der Waals surface area contributed by atoms with Gasteiger partial charge in [-0.25, -0.2) is 13.8 Å². The first kappa shape index (κ1) is 22.0. The largest absolute Gasteiger partial charge is 0.474 e. The number of aryl methyl sites for hydroxylation is 1. The van der Waals surface area contributed by atoms with Gasteiger partial charge in [0.15, 0.2) is 5.82 Å². The first-order valence-electron chi connectivity index (χ1n) is 11.4. The summed E-state index contributed by atoms with van der Waals surface area (Å²) in [6.45, 7) is 4.26. The molecule has 0 unspecified atom stereocenters. The van der Waals surface area contributed by atoms with Crippen molar-refractivity contribution in [3.05, 3.63) is 35.7 Å². The van der Waals surface area contributed by atoms with Gasteiger partial charge in [-0.1, -0.05) is 6.07 Å². The van der Waals surface area contributed by atoms with Gasteiger partial charge in [0.2, 0.25) is 11.8 Å². The van der Waals surface area contributed by atoms with Gasteiger partial charge < -0.3 is 20.1 Å². The molecule has 0 bridgehead atoms. The van der Waals surface area contributed by atoms with Gasteiger partial charge in [-0.05, 0) is 50.3 Å². The molecule has 1 saturated carbocycles. The van der Waals surface area contributed by atoms with Crippen LogP contribution in [0, 0.1) is 6.92 Å². The summed E-state index contributed by atoms with van der Waals surface area (Å²) < 4.78 is 41.1. The minimum absolute atomic E-state index is 0.0126. The zero-order valence-electron chi connectivity index (χ0n) is 18.6. The van der Waals surface area contributed by atoms with Crippen molar-refractivity contribution in [2.24, 2.45) is 5.73 Å². The molecule has 1 saturated heterocycles. The Bertz CT molecular complexity index is 1120. The molecule has 33 heavy (non-hydrogen) atoms. The van der Waals surface area contributed by atoms with Crippen molar-refractivity contribution in [3.8, 4) is 11.7 Å². The van der Waals surface area contributed by atoms with Crippen LogP contribution in [0.4, 0.5) is 14.7 Å². The summed E-state index contributed by atoms with van der Waals surface area (Å²) in [5.74, 6) is 0.777. The van der Waals surface area contributed by atoms with Crippen molar-refractivity contribution >= 4 is 17.0 Å². The second kappa shape index (κ2) is 9.18. The van der Waals surface area contributed by atoms with Gasteiger partial charge in [-0.3, -0.25) is 4.57 Å². The highest BCUT2D eigenvalue weighted by Gasteiger charge is 2.25. The maximum atomic E-state index is 14.0. The Labute approximate surface area is 190 Å². The Morgan fingerprint density at radius 2 is 1.82 bits per heavy atom. The number of fused-ring (bicyclic) bond motifs is 1. The van der Waals surface area contributed by atoms with E-state index in [4.69, 9.17) is 15.2 Å². The fraction of sp³-hybridized carbons (Fsp3) is 0.522. The smallest absolute Gasteiger partial charge is 0.296 e. The maximum Gasteiger partial charge on any atom is 0.296 e. The van der Waals surface area contributed by atoms with Crippen molar-refractivity contribution < 1.29 is 18.3 Å². The van der Waals surface area contributed by atoms with Crippen LogP contribution in [-0.4, -0.2) is 58.0 Å². The number of aromatic nitrogens is 4. The lowest BCUT2D eigenvalue weighted by Crippen LogP contribution is -2.37. The molecule has 176 valence electrons. The summed E-state index contributed by atoms with van der Waals surface area (Å²) in [6, 6.07) is 7.28. The van der Waals surface area contributed by atoms with Crippen LogP contribution >= 0.6 is 0 Å². The van der Waals surface area contributed by atoms with E-state index in [0.717, 1.165) is 31.2 Å². The van der Waals surface area contributed by atoms with E-state index in [0.29, 0.717) is 55.0 Å². The molecule has 10 heteroatoms. The molecule has 0 radical (unpaired) electrons. The number of rotatable bonds is 5. The van der Waals surface area contributed by atoms with Gasteiger partial charge in [0.25, 0.3) is 6.43 Å². The molecule has 2 aromatic heterocycles. The van der Waals surface area contributed by atoms with Crippen LogP contribution in [0.2, 0.25) is 0 Å². The van der Waals surface area contributed by atoms with Crippen molar-refractivity contribution in [2.45, 2.75) is 51.2 Å². The number of hydrogen-bond acceptors (Lipinski definition) is 7. The fourth-order valence-corrected chi connectivity index (χ4v) is 4.45. The first-order valence-corrected chi connectivity index (χ1v) is 11.4. The van der Waals surface area contributed by atoms with Crippen LogP contribution in [-0.2, 0) is 4.74 Å². The number of nitrogens with two attached hydrogens (primary N) is 1. The van der Waals surface area contributed by atoms with Crippen molar-refractivity contribution in [1.82, 2.24) is 19.5 Å². The summed E-state index contributed by atoms with van der Waals surface area (Å²) in [4.78, 5) is 15.5. The Balaban J connectivity index is 1.60. The molecule has 1 aromatic carbocycles. The minimum Gasteiger partial charge on any atom is -0.474 e. The number of ether oxygens (including phenoxy) is 2. The predicted molar refractivity (Wildman–Crippen MR) is 120 cm³/mol. The van der Waals surface area contributed by atoms with E-state index in [1.807, 2.05) is 24.0 Å². The summed E-state index contributed by atoms with van der Waals surface area (Å²) in [5, 5.41) is 0. The van der Waals surface area contributed by atoms with Crippen molar-refractivity contribution in [2.75, 3.05) is 31.2 Å². The molecule has 0 spiro atoms. The summed E-state index contributed by atoms with van der Waals surface area (Å²) in [5.41, 5.74) is 8.04. The number of anilines is 1. The minimum atomic E-state index is -2.76. The topological polar surface area (TPSA) is 91.3 Å². The van der Waals surface area contributed by atoms with E-state index in [1.165, 1.54) is 4.57 Å². The van der Waals surface area contributed by atoms with Crippen LogP contribution in [0.3, 0.4) is 0 Å². The molecule has 3 heterocycles. The SMILES string of the molecule is Cc1ccc2nc(C(F)F)n(-c3cc(OC4CCC(N)CC4)nc(N4CCOCC4)n3)c2c1. The molecule has 8 nitrogen and oxygen atoms in total. The third kappa shape index (κ3) is 4.63. The van der Waals surface area contributed by atoms with Crippen LogP contribution in [0.1, 0.15) is 43.5 Å². The van der Waals surface area contributed by atoms with E-state index in [-0.39, 0.29) is 18.0 Å². The predicted octanol–water partition coefficient (Wildman–Crippen LogP) is 3.55. The second-order valence-electron chi connectivity index (χ2n) is 8.72. The first-order chi connectivity index (χ1) is 16.0. The Morgan fingerprint density at radius 1 is 1.06 bits per heavy atom. The van der Waals surface area contributed by atoms with E-state index in [9.17, 15) is 8.78 Å². The van der Waals surface area contributed by atoms with Gasteiger partial charge in [-0.2, -0.15) is 9.97 Å². The quantitative estimate of drug-likeness (QED) is 0.625. The Kier molecular flexibility index (Phi) is 6.11. The highest BCUT2D eigenvalue weighted by molar-refractivity contribution is 5.79. The van der Waals surface area contributed by atoms with Gasteiger partial charge in [-0.15, -0.1) is 0 Å². The number of hydrogen-bond donors (Lipinski definition) is 1. The van der Waals surface area contributed by atoms with Gasteiger partial charge in [0.1, 0.15) is 11.9 Å². The number of imidazole rings is 1. The zero-order valence-corrected chi connectivity index (χ0v) is 18.6. The molecular weight excluding hydrogens is 430 g/mol. The summed E-state index contributed by atoms with van der Waals surface area (Å²) >= 11 is 0. The summed E-state index contributed by atoms with van der Waals surface area (Å²) in [7, 11) is 0. The molecule has 2 fully saturated rings. The molecule has 2 N–H and O–H groups in total. The standard InChI is InChI=1S/C23H28F2N6O2/c1-14-2-7-17-18(12-14)31(22(27-17)21(24)25)19-13-20(33-16-5-3-15(26)4-6-16)29-23(28-19)30-8-10-32-11-9-30/h2,7,12-13,15-16,21H,3-6,8-11,26H2,1H3.